The Hall–Kier alpha value is -2.21. The summed E-state index contributed by atoms with van der Waals surface area (Å²) in [4.78, 5) is 14.1. The number of carbonyl (C=O) groups is 1. The molecule has 0 radical (unpaired) electrons. The van der Waals surface area contributed by atoms with Gasteiger partial charge in [0.15, 0.2) is 0 Å². The van der Waals surface area contributed by atoms with Gasteiger partial charge in [0.05, 0.1) is 20.0 Å². The summed E-state index contributed by atoms with van der Waals surface area (Å²) < 4.78 is 23.7. The Labute approximate surface area is 144 Å². The lowest BCUT2D eigenvalue weighted by atomic mass is 10.1. The normalized spacial score (nSPS) is 17.2. The standard InChI is InChI=1S/C18H18FNO3S/c1-22-15-7-13(8-16(9-15)23-2)18-20(17(21)11-24-18)10-12-3-5-14(19)6-4-12/h3-9,18H,10-11H2,1-2H3. The van der Waals surface area contributed by atoms with Crippen LogP contribution in [0.2, 0.25) is 0 Å². The van der Waals surface area contributed by atoms with Gasteiger partial charge in [-0.3, -0.25) is 4.79 Å². The van der Waals surface area contributed by atoms with Crippen molar-refractivity contribution < 1.29 is 18.7 Å². The van der Waals surface area contributed by atoms with E-state index in [9.17, 15) is 9.18 Å². The third-order valence-corrected chi connectivity index (χ3v) is 5.15. The van der Waals surface area contributed by atoms with Crippen molar-refractivity contribution in [1.82, 2.24) is 4.90 Å². The van der Waals surface area contributed by atoms with Crippen LogP contribution in [-0.2, 0) is 11.3 Å². The summed E-state index contributed by atoms with van der Waals surface area (Å²) in [7, 11) is 3.20. The third kappa shape index (κ3) is 3.48. The van der Waals surface area contributed by atoms with E-state index in [1.54, 1.807) is 49.1 Å². The second kappa shape index (κ2) is 7.13. The van der Waals surface area contributed by atoms with Crippen molar-refractivity contribution >= 4 is 17.7 Å². The second-order valence-electron chi connectivity index (χ2n) is 5.46. The number of amides is 1. The van der Waals surface area contributed by atoms with E-state index >= 15 is 0 Å². The molecule has 0 spiro atoms. The number of thioether (sulfide) groups is 1. The van der Waals surface area contributed by atoms with Crippen LogP contribution < -0.4 is 9.47 Å². The van der Waals surface area contributed by atoms with Gasteiger partial charge in [0, 0.05) is 12.6 Å². The molecule has 126 valence electrons. The predicted molar refractivity (Wildman–Crippen MR) is 91.7 cm³/mol. The number of rotatable bonds is 5. The highest BCUT2D eigenvalue weighted by Crippen LogP contribution is 2.41. The van der Waals surface area contributed by atoms with Crippen LogP contribution in [0.15, 0.2) is 42.5 Å². The average Bonchev–Trinajstić information content (AvgIpc) is 2.97. The quantitative estimate of drug-likeness (QED) is 0.828. The zero-order valence-electron chi connectivity index (χ0n) is 13.5. The van der Waals surface area contributed by atoms with Crippen molar-refractivity contribution in [1.29, 1.82) is 0 Å². The van der Waals surface area contributed by atoms with Crippen molar-refractivity contribution in [3.05, 3.63) is 59.4 Å². The molecule has 1 fully saturated rings. The van der Waals surface area contributed by atoms with Gasteiger partial charge < -0.3 is 14.4 Å². The molecule has 2 aromatic carbocycles. The van der Waals surface area contributed by atoms with Crippen LogP contribution in [0.4, 0.5) is 4.39 Å². The van der Waals surface area contributed by atoms with Crippen molar-refractivity contribution in [2.24, 2.45) is 0 Å². The highest BCUT2D eigenvalue weighted by Gasteiger charge is 2.33. The molecular weight excluding hydrogens is 329 g/mol. The Kier molecular flexibility index (Phi) is 4.94. The Morgan fingerprint density at radius 2 is 1.75 bits per heavy atom. The van der Waals surface area contributed by atoms with Crippen molar-refractivity contribution in [3.63, 3.8) is 0 Å². The SMILES string of the molecule is COc1cc(OC)cc(C2SCC(=O)N2Cc2ccc(F)cc2)c1. The van der Waals surface area contributed by atoms with Gasteiger partial charge in [0.1, 0.15) is 22.7 Å². The summed E-state index contributed by atoms with van der Waals surface area (Å²) in [5.74, 6) is 1.58. The van der Waals surface area contributed by atoms with E-state index in [4.69, 9.17) is 9.47 Å². The van der Waals surface area contributed by atoms with Crippen LogP contribution in [0.5, 0.6) is 11.5 Å². The minimum absolute atomic E-state index is 0.0658. The molecule has 0 aromatic heterocycles. The molecule has 0 saturated carbocycles. The average molecular weight is 347 g/mol. The van der Waals surface area contributed by atoms with E-state index in [-0.39, 0.29) is 17.1 Å². The van der Waals surface area contributed by atoms with Gasteiger partial charge in [-0.25, -0.2) is 4.39 Å². The molecular formula is C18H18FNO3S. The van der Waals surface area contributed by atoms with E-state index in [0.29, 0.717) is 23.8 Å². The number of hydrogen-bond acceptors (Lipinski definition) is 4. The minimum atomic E-state index is -0.282. The van der Waals surface area contributed by atoms with Crippen molar-refractivity contribution in [2.75, 3.05) is 20.0 Å². The van der Waals surface area contributed by atoms with Crippen molar-refractivity contribution in [2.45, 2.75) is 11.9 Å². The van der Waals surface area contributed by atoms with Crippen LogP contribution in [0.1, 0.15) is 16.5 Å². The summed E-state index contributed by atoms with van der Waals surface area (Å²) in [6, 6.07) is 11.9. The van der Waals surface area contributed by atoms with Crippen LogP contribution in [0.25, 0.3) is 0 Å². The Morgan fingerprint density at radius 3 is 2.33 bits per heavy atom. The lowest BCUT2D eigenvalue weighted by molar-refractivity contribution is -0.128. The second-order valence-corrected chi connectivity index (χ2v) is 6.53. The maximum atomic E-state index is 13.1. The zero-order valence-corrected chi connectivity index (χ0v) is 14.3. The highest BCUT2D eigenvalue weighted by molar-refractivity contribution is 8.00. The van der Waals surface area contributed by atoms with Gasteiger partial charge in [-0.1, -0.05) is 12.1 Å². The highest BCUT2D eigenvalue weighted by atomic mass is 32.2. The molecule has 4 nitrogen and oxygen atoms in total. The first kappa shape index (κ1) is 16.6. The largest absolute Gasteiger partial charge is 0.497 e. The number of halogens is 1. The monoisotopic (exact) mass is 347 g/mol. The Bertz CT molecular complexity index is 713. The first-order valence-corrected chi connectivity index (χ1v) is 8.54. The molecule has 1 amide bonds. The molecule has 1 saturated heterocycles. The van der Waals surface area contributed by atoms with Gasteiger partial charge in [-0.05, 0) is 35.4 Å². The summed E-state index contributed by atoms with van der Waals surface area (Å²) >= 11 is 1.56. The Balaban J connectivity index is 1.88. The fraction of sp³-hybridized carbons (Fsp3) is 0.278. The molecule has 1 heterocycles. The maximum Gasteiger partial charge on any atom is 0.234 e. The summed E-state index contributed by atoms with van der Waals surface area (Å²) in [6.45, 7) is 0.441. The molecule has 0 aliphatic carbocycles. The molecule has 2 aromatic rings. The van der Waals surface area contributed by atoms with Crippen molar-refractivity contribution in [3.8, 4) is 11.5 Å². The molecule has 6 heteroatoms. The number of nitrogens with zero attached hydrogens (tertiary/aromatic N) is 1. The summed E-state index contributed by atoms with van der Waals surface area (Å²) in [5, 5.41) is -0.119. The maximum absolute atomic E-state index is 13.1. The number of benzene rings is 2. The van der Waals surface area contributed by atoms with E-state index in [2.05, 4.69) is 0 Å². The first-order chi connectivity index (χ1) is 11.6. The van der Waals surface area contributed by atoms with Gasteiger partial charge in [-0.2, -0.15) is 0 Å². The Morgan fingerprint density at radius 1 is 1.12 bits per heavy atom. The molecule has 1 aliphatic rings. The van der Waals surface area contributed by atoms with Gasteiger partial charge in [0.2, 0.25) is 5.91 Å². The lowest BCUT2D eigenvalue weighted by Crippen LogP contribution is -2.27. The zero-order chi connectivity index (χ0) is 17.1. The third-order valence-electron chi connectivity index (χ3n) is 3.89. The van der Waals surface area contributed by atoms with Gasteiger partial charge in [0.25, 0.3) is 0 Å². The smallest absolute Gasteiger partial charge is 0.234 e. The number of carbonyl (C=O) groups excluding carboxylic acids is 1. The van der Waals surface area contributed by atoms with E-state index < -0.39 is 0 Å². The molecule has 3 rings (SSSR count). The fourth-order valence-corrected chi connectivity index (χ4v) is 3.83. The molecule has 0 bridgehead atoms. The minimum Gasteiger partial charge on any atom is -0.497 e. The topological polar surface area (TPSA) is 38.8 Å². The van der Waals surface area contributed by atoms with E-state index in [1.807, 2.05) is 12.1 Å². The number of hydrogen-bond donors (Lipinski definition) is 0. The first-order valence-electron chi connectivity index (χ1n) is 7.49. The summed E-state index contributed by atoms with van der Waals surface area (Å²) in [6.07, 6.45) is 0. The fourth-order valence-electron chi connectivity index (χ4n) is 2.66. The summed E-state index contributed by atoms with van der Waals surface area (Å²) in [5.41, 5.74) is 1.84. The lowest BCUT2D eigenvalue weighted by Gasteiger charge is -2.25. The van der Waals surface area contributed by atoms with E-state index in [0.717, 1.165) is 11.1 Å². The molecule has 1 unspecified atom stereocenters. The van der Waals surface area contributed by atoms with Gasteiger partial charge >= 0.3 is 0 Å². The molecule has 1 atom stereocenters. The molecule has 24 heavy (non-hydrogen) atoms. The van der Waals surface area contributed by atoms with Crippen LogP contribution in [0, 0.1) is 5.82 Å². The van der Waals surface area contributed by atoms with E-state index in [1.165, 1.54) is 12.1 Å². The predicted octanol–water partition coefficient (Wildman–Crippen LogP) is 3.62. The molecule has 0 N–H and O–H groups in total. The van der Waals surface area contributed by atoms with Crippen LogP contribution in [-0.4, -0.2) is 30.8 Å². The molecule has 1 aliphatic heterocycles. The number of methoxy groups -OCH3 is 2. The van der Waals surface area contributed by atoms with Crippen LogP contribution >= 0.6 is 11.8 Å². The number of ether oxygens (including phenoxy) is 2. The van der Waals surface area contributed by atoms with Crippen LogP contribution in [0.3, 0.4) is 0 Å². The van der Waals surface area contributed by atoms with Gasteiger partial charge in [-0.15, -0.1) is 11.8 Å².